The molecule has 0 aromatic carbocycles. The Labute approximate surface area is 134 Å². The van der Waals surface area contributed by atoms with E-state index in [9.17, 15) is 9.59 Å². The highest BCUT2D eigenvalue weighted by atomic mass is 16.5. The molecule has 0 radical (unpaired) electrons. The summed E-state index contributed by atoms with van der Waals surface area (Å²) in [5, 5.41) is 2.72. The van der Waals surface area contributed by atoms with E-state index in [2.05, 4.69) is 15.3 Å². The van der Waals surface area contributed by atoms with Gasteiger partial charge in [-0.15, -0.1) is 0 Å². The van der Waals surface area contributed by atoms with Crippen LogP contribution in [0.25, 0.3) is 0 Å². The minimum absolute atomic E-state index is 0.0184. The lowest BCUT2D eigenvalue weighted by Gasteiger charge is -2.20. The molecule has 1 N–H and O–H groups in total. The van der Waals surface area contributed by atoms with Crippen LogP contribution in [0.2, 0.25) is 0 Å². The highest BCUT2D eigenvalue weighted by Gasteiger charge is 2.35. The van der Waals surface area contributed by atoms with Crippen molar-refractivity contribution in [3.05, 3.63) is 12.4 Å². The molecular weight excluding hydrogens is 298 g/mol. The SMILES string of the molecule is CN(C)c1cncc(O[C@H]2CCN(C(=O)[C@H]3CCC(=O)N3)C2)n1. The second-order valence-corrected chi connectivity index (χ2v) is 6.08. The lowest BCUT2D eigenvalue weighted by Crippen LogP contribution is -2.44. The van der Waals surface area contributed by atoms with Crippen LogP contribution < -0.4 is 15.0 Å². The van der Waals surface area contributed by atoms with Gasteiger partial charge in [-0.1, -0.05) is 0 Å². The third-order valence-corrected chi connectivity index (χ3v) is 4.10. The minimum atomic E-state index is -0.377. The Hall–Kier alpha value is -2.38. The molecule has 2 fully saturated rings. The second-order valence-electron chi connectivity index (χ2n) is 6.08. The van der Waals surface area contributed by atoms with Crippen LogP contribution in [0.5, 0.6) is 5.88 Å². The summed E-state index contributed by atoms with van der Waals surface area (Å²) in [6, 6.07) is -0.377. The Morgan fingerprint density at radius 1 is 1.39 bits per heavy atom. The zero-order valence-corrected chi connectivity index (χ0v) is 13.4. The van der Waals surface area contributed by atoms with Gasteiger partial charge in [-0.25, -0.2) is 0 Å². The molecule has 0 spiro atoms. The smallest absolute Gasteiger partial charge is 0.245 e. The third-order valence-electron chi connectivity index (χ3n) is 4.10. The zero-order valence-electron chi connectivity index (χ0n) is 13.4. The van der Waals surface area contributed by atoms with Crippen molar-refractivity contribution in [1.82, 2.24) is 20.2 Å². The summed E-state index contributed by atoms with van der Waals surface area (Å²) in [6.07, 6.45) is 4.91. The standard InChI is InChI=1S/C15H21N5O3/c1-19(2)12-7-16-8-14(18-12)23-10-5-6-20(9-10)15(22)11-3-4-13(21)17-11/h7-8,10-11H,3-6,9H2,1-2H3,(H,17,21)/t10-,11+/m0/s1. The number of amides is 2. The summed E-state index contributed by atoms with van der Waals surface area (Å²) >= 11 is 0. The number of hydrogen-bond donors (Lipinski definition) is 1. The van der Waals surface area contributed by atoms with E-state index in [1.165, 1.54) is 0 Å². The molecule has 23 heavy (non-hydrogen) atoms. The summed E-state index contributed by atoms with van der Waals surface area (Å²) < 4.78 is 5.85. The van der Waals surface area contributed by atoms with Crippen LogP contribution in [0.15, 0.2) is 12.4 Å². The molecule has 0 bridgehead atoms. The van der Waals surface area contributed by atoms with Gasteiger partial charge in [0.15, 0.2) is 5.82 Å². The van der Waals surface area contributed by atoms with Gasteiger partial charge in [-0.05, 0) is 6.42 Å². The van der Waals surface area contributed by atoms with Gasteiger partial charge < -0.3 is 19.9 Å². The minimum Gasteiger partial charge on any atom is -0.471 e. The predicted octanol–water partition coefficient (Wildman–Crippen LogP) is -0.199. The molecule has 2 amide bonds. The van der Waals surface area contributed by atoms with Crippen LogP contribution >= 0.6 is 0 Å². The van der Waals surface area contributed by atoms with Crippen LogP contribution in [0.1, 0.15) is 19.3 Å². The summed E-state index contributed by atoms with van der Waals surface area (Å²) in [4.78, 5) is 35.7. The van der Waals surface area contributed by atoms with Gasteiger partial charge in [0.1, 0.15) is 12.1 Å². The maximum absolute atomic E-state index is 12.4. The first kappa shape index (κ1) is 15.5. The number of rotatable bonds is 4. The van der Waals surface area contributed by atoms with Gasteiger partial charge in [0.2, 0.25) is 17.7 Å². The maximum atomic E-state index is 12.4. The van der Waals surface area contributed by atoms with E-state index in [0.29, 0.717) is 31.8 Å². The summed E-state index contributed by atoms with van der Waals surface area (Å²) in [5.74, 6) is 1.12. The molecule has 2 saturated heterocycles. The van der Waals surface area contributed by atoms with Gasteiger partial charge in [0.05, 0.1) is 18.9 Å². The maximum Gasteiger partial charge on any atom is 0.245 e. The Kier molecular flexibility index (Phi) is 4.31. The van der Waals surface area contributed by atoms with Crippen molar-refractivity contribution in [2.45, 2.75) is 31.4 Å². The van der Waals surface area contributed by atoms with Crippen LogP contribution in [0.4, 0.5) is 5.82 Å². The van der Waals surface area contributed by atoms with Gasteiger partial charge in [-0.2, -0.15) is 4.98 Å². The number of carbonyl (C=O) groups is 2. The van der Waals surface area contributed by atoms with Crippen LogP contribution in [-0.4, -0.2) is 66.0 Å². The molecule has 3 rings (SSSR count). The molecule has 3 heterocycles. The van der Waals surface area contributed by atoms with Crippen molar-refractivity contribution in [3.63, 3.8) is 0 Å². The second kappa shape index (κ2) is 6.39. The first-order chi connectivity index (χ1) is 11.0. The Balaban J connectivity index is 1.56. The zero-order chi connectivity index (χ0) is 16.4. The topological polar surface area (TPSA) is 87.7 Å². The van der Waals surface area contributed by atoms with E-state index in [1.54, 1.807) is 17.3 Å². The van der Waals surface area contributed by atoms with E-state index in [4.69, 9.17) is 4.74 Å². The van der Waals surface area contributed by atoms with Gasteiger partial charge in [-0.3, -0.25) is 14.6 Å². The molecule has 8 nitrogen and oxygen atoms in total. The molecule has 2 aliphatic heterocycles. The number of carbonyl (C=O) groups excluding carboxylic acids is 2. The molecular formula is C15H21N5O3. The Morgan fingerprint density at radius 2 is 2.22 bits per heavy atom. The highest BCUT2D eigenvalue weighted by molar-refractivity contribution is 5.90. The quantitative estimate of drug-likeness (QED) is 0.827. The van der Waals surface area contributed by atoms with Crippen molar-refractivity contribution in [3.8, 4) is 5.88 Å². The van der Waals surface area contributed by atoms with E-state index in [1.807, 2.05) is 19.0 Å². The first-order valence-electron chi connectivity index (χ1n) is 7.77. The van der Waals surface area contributed by atoms with Crippen molar-refractivity contribution in [2.75, 3.05) is 32.1 Å². The Morgan fingerprint density at radius 3 is 2.91 bits per heavy atom. The average Bonchev–Trinajstić information content (AvgIpc) is 3.16. The molecule has 0 saturated carbocycles. The Bertz CT molecular complexity index is 607. The lowest BCUT2D eigenvalue weighted by molar-refractivity contribution is -0.133. The highest BCUT2D eigenvalue weighted by Crippen LogP contribution is 2.20. The summed E-state index contributed by atoms with van der Waals surface area (Å²) in [7, 11) is 3.78. The van der Waals surface area contributed by atoms with Crippen LogP contribution in [0, 0.1) is 0 Å². The predicted molar refractivity (Wildman–Crippen MR) is 83.1 cm³/mol. The average molecular weight is 319 g/mol. The summed E-state index contributed by atoms with van der Waals surface area (Å²) in [6.45, 7) is 1.15. The van der Waals surface area contributed by atoms with Crippen LogP contribution in [-0.2, 0) is 9.59 Å². The molecule has 2 aliphatic rings. The third kappa shape index (κ3) is 3.52. The van der Waals surface area contributed by atoms with E-state index < -0.39 is 0 Å². The molecule has 8 heteroatoms. The monoisotopic (exact) mass is 319 g/mol. The van der Waals surface area contributed by atoms with E-state index >= 15 is 0 Å². The number of likely N-dealkylation sites (tertiary alicyclic amines) is 1. The van der Waals surface area contributed by atoms with Crippen molar-refractivity contribution in [1.29, 1.82) is 0 Å². The largest absolute Gasteiger partial charge is 0.471 e. The molecule has 0 unspecified atom stereocenters. The van der Waals surface area contributed by atoms with E-state index in [0.717, 1.165) is 12.2 Å². The number of ether oxygens (including phenoxy) is 1. The van der Waals surface area contributed by atoms with Crippen LogP contribution in [0.3, 0.4) is 0 Å². The molecule has 2 atom stereocenters. The fourth-order valence-electron chi connectivity index (χ4n) is 2.83. The lowest BCUT2D eigenvalue weighted by atomic mass is 10.2. The number of hydrogen-bond acceptors (Lipinski definition) is 6. The summed E-state index contributed by atoms with van der Waals surface area (Å²) in [5.41, 5.74) is 0. The fourth-order valence-corrected chi connectivity index (χ4v) is 2.83. The molecule has 1 aromatic rings. The first-order valence-corrected chi connectivity index (χ1v) is 7.77. The number of aromatic nitrogens is 2. The van der Waals surface area contributed by atoms with Gasteiger partial charge in [0, 0.05) is 33.5 Å². The molecule has 1 aromatic heterocycles. The van der Waals surface area contributed by atoms with Crippen molar-refractivity contribution in [2.24, 2.45) is 0 Å². The fraction of sp³-hybridized carbons (Fsp3) is 0.600. The number of anilines is 1. The van der Waals surface area contributed by atoms with Gasteiger partial charge >= 0.3 is 0 Å². The van der Waals surface area contributed by atoms with Crippen molar-refractivity contribution >= 4 is 17.6 Å². The van der Waals surface area contributed by atoms with E-state index in [-0.39, 0.29) is 24.0 Å². The van der Waals surface area contributed by atoms with Gasteiger partial charge in [0.25, 0.3) is 0 Å². The normalized spacial score (nSPS) is 23.7. The molecule has 124 valence electrons. The number of nitrogens with zero attached hydrogens (tertiary/aromatic N) is 4. The van der Waals surface area contributed by atoms with Crippen molar-refractivity contribution < 1.29 is 14.3 Å². The molecule has 0 aliphatic carbocycles. The number of nitrogens with one attached hydrogen (secondary N) is 1.